The van der Waals surface area contributed by atoms with Gasteiger partial charge in [-0.2, -0.15) is 0 Å². The van der Waals surface area contributed by atoms with E-state index in [1.54, 1.807) is 6.92 Å². The fraction of sp³-hybridized carbons (Fsp3) is 0.375. The third kappa shape index (κ3) is 2.41. The number of hydrogen-bond donors (Lipinski definition) is 1. The Balaban J connectivity index is 1.93. The third-order valence-corrected chi connectivity index (χ3v) is 5.73. The van der Waals surface area contributed by atoms with Crippen LogP contribution in [0.2, 0.25) is 0 Å². The Bertz CT molecular complexity index is 623. The van der Waals surface area contributed by atoms with Crippen molar-refractivity contribution in [2.45, 2.75) is 32.4 Å². The van der Waals surface area contributed by atoms with Crippen molar-refractivity contribution in [3.63, 3.8) is 0 Å². The first-order chi connectivity index (χ1) is 9.58. The molecule has 0 aliphatic carbocycles. The van der Waals surface area contributed by atoms with Crippen LogP contribution in [0.3, 0.4) is 0 Å². The minimum atomic E-state index is -0.444. The highest BCUT2D eigenvalue weighted by molar-refractivity contribution is 9.10. The van der Waals surface area contributed by atoms with Gasteiger partial charge in [-0.25, -0.2) is 0 Å². The maximum Gasteiger partial charge on any atom is 0.0772 e. The van der Waals surface area contributed by atoms with Crippen molar-refractivity contribution in [1.82, 2.24) is 0 Å². The molecule has 1 aromatic heterocycles. The molecule has 0 spiro atoms. The molecule has 2 unspecified atom stereocenters. The zero-order valence-corrected chi connectivity index (χ0v) is 14.0. The fourth-order valence-corrected chi connectivity index (χ4v) is 4.56. The van der Waals surface area contributed by atoms with Gasteiger partial charge in [0.1, 0.15) is 0 Å². The Hall–Kier alpha value is -0.840. The Morgan fingerprint density at radius 2 is 2.20 bits per heavy atom. The maximum atomic E-state index is 9.72. The molecule has 2 atom stereocenters. The number of halogens is 1. The molecule has 1 aromatic carbocycles. The lowest BCUT2D eigenvalue weighted by Gasteiger charge is -2.36. The molecule has 1 N–H and O–H groups in total. The van der Waals surface area contributed by atoms with Crippen LogP contribution in [0.25, 0.3) is 0 Å². The van der Waals surface area contributed by atoms with Crippen molar-refractivity contribution in [1.29, 1.82) is 0 Å². The van der Waals surface area contributed by atoms with Crippen molar-refractivity contribution in [2.24, 2.45) is 0 Å². The molecular weight excluding hydrogens is 334 g/mol. The summed E-state index contributed by atoms with van der Waals surface area (Å²) in [5, 5.41) is 11.9. The van der Waals surface area contributed by atoms with E-state index >= 15 is 0 Å². The van der Waals surface area contributed by atoms with Gasteiger partial charge in [-0.1, -0.05) is 22.0 Å². The van der Waals surface area contributed by atoms with E-state index in [1.807, 2.05) is 17.4 Å². The number of benzene rings is 1. The zero-order chi connectivity index (χ0) is 14.3. The van der Waals surface area contributed by atoms with Gasteiger partial charge in [-0.15, -0.1) is 11.3 Å². The molecule has 1 aliphatic heterocycles. The SMILES string of the molecule is CC(O)c1ccc(N2CCc3sccc3C2C)cc1Br. The molecule has 106 valence electrons. The molecule has 0 fully saturated rings. The van der Waals surface area contributed by atoms with Gasteiger partial charge in [-0.05, 0) is 55.0 Å². The first-order valence-electron chi connectivity index (χ1n) is 6.88. The lowest BCUT2D eigenvalue weighted by molar-refractivity contribution is 0.198. The van der Waals surface area contributed by atoms with E-state index in [-0.39, 0.29) is 0 Å². The highest BCUT2D eigenvalue weighted by Gasteiger charge is 2.25. The molecule has 20 heavy (non-hydrogen) atoms. The molecule has 0 amide bonds. The smallest absolute Gasteiger partial charge is 0.0772 e. The van der Waals surface area contributed by atoms with Crippen LogP contribution in [0.15, 0.2) is 34.1 Å². The minimum Gasteiger partial charge on any atom is -0.389 e. The largest absolute Gasteiger partial charge is 0.389 e. The standard InChI is InChI=1S/C16H18BrNOS/c1-10-13-6-8-20-16(13)5-7-18(10)12-3-4-14(11(2)19)15(17)9-12/h3-4,6,8-11,19H,5,7H2,1-2H3. The Labute approximate surface area is 132 Å². The summed E-state index contributed by atoms with van der Waals surface area (Å²) in [6.45, 7) is 5.11. The van der Waals surface area contributed by atoms with E-state index in [0.29, 0.717) is 6.04 Å². The lowest BCUT2D eigenvalue weighted by Crippen LogP contribution is -2.33. The van der Waals surface area contributed by atoms with Crippen molar-refractivity contribution in [3.05, 3.63) is 50.1 Å². The number of thiophene rings is 1. The van der Waals surface area contributed by atoms with Gasteiger partial charge in [0.25, 0.3) is 0 Å². The second kappa shape index (κ2) is 5.51. The molecule has 2 aromatic rings. The quantitative estimate of drug-likeness (QED) is 0.848. The Morgan fingerprint density at radius 1 is 1.40 bits per heavy atom. The molecular formula is C16H18BrNOS. The van der Waals surface area contributed by atoms with Gasteiger partial charge in [-0.3, -0.25) is 0 Å². The average molecular weight is 352 g/mol. The van der Waals surface area contributed by atoms with Gasteiger partial charge < -0.3 is 10.0 Å². The first kappa shape index (κ1) is 14.1. The summed E-state index contributed by atoms with van der Waals surface area (Å²) in [5.74, 6) is 0. The predicted octanol–water partition coefficient (Wildman–Crippen LogP) is 4.69. The normalized spacial score (nSPS) is 19.8. The number of aliphatic hydroxyl groups is 1. The number of anilines is 1. The number of nitrogens with zero attached hydrogens (tertiary/aromatic N) is 1. The van der Waals surface area contributed by atoms with E-state index in [4.69, 9.17) is 0 Å². The average Bonchev–Trinajstić information content (AvgIpc) is 2.87. The fourth-order valence-electron chi connectivity index (χ4n) is 2.90. The van der Waals surface area contributed by atoms with Crippen molar-refractivity contribution in [2.75, 3.05) is 11.4 Å². The molecule has 2 heterocycles. The second-order valence-electron chi connectivity index (χ2n) is 5.30. The number of aliphatic hydroxyl groups excluding tert-OH is 1. The van der Waals surface area contributed by atoms with E-state index in [0.717, 1.165) is 23.0 Å². The summed E-state index contributed by atoms with van der Waals surface area (Å²) in [6, 6.07) is 8.90. The van der Waals surface area contributed by atoms with Crippen molar-refractivity contribution < 1.29 is 5.11 Å². The van der Waals surface area contributed by atoms with Crippen LogP contribution in [0.1, 0.15) is 42.0 Å². The van der Waals surface area contributed by atoms with Gasteiger partial charge in [0.05, 0.1) is 12.1 Å². The second-order valence-corrected chi connectivity index (χ2v) is 7.16. The van der Waals surface area contributed by atoms with Crippen LogP contribution >= 0.6 is 27.3 Å². The summed E-state index contributed by atoms with van der Waals surface area (Å²) >= 11 is 5.44. The maximum absolute atomic E-state index is 9.72. The van der Waals surface area contributed by atoms with Crippen LogP contribution in [-0.2, 0) is 6.42 Å². The summed E-state index contributed by atoms with van der Waals surface area (Å²) < 4.78 is 0.980. The zero-order valence-electron chi connectivity index (χ0n) is 11.6. The molecule has 1 aliphatic rings. The number of fused-ring (bicyclic) bond motifs is 1. The number of rotatable bonds is 2. The Morgan fingerprint density at radius 3 is 2.90 bits per heavy atom. The van der Waals surface area contributed by atoms with Crippen LogP contribution in [-0.4, -0.2) is 11.7 Å². The van der Waals surface area contributed by atoms with E-state index in [9.17, 15) is 5.11 Å². The molecule has 2 nitrogen and oxygen atoms in total. The summed E-state index contributed by atoms with van der Waals surface area (Å²) in [4.78, 5) is 3.96. The molecule has 3 rings (SSSR count). The molecule has 4 heteroatoms. The third-order valence-electron chi connectivity index (χ3n) is 4.04. The topological polar surface area (TPSA) is 23.5 Å². The highest BCUT2D eigenvalue weighted by Crippen LogP contribution is 2.37. The first-order valence-corrected chi connectivity index (χ1v) is 8.55. The number of hydrogen-bond acceptors (Lipinski definition) is 3. The van der Waals surface area contributed by atoms with Gasteiger partial charge in [0.2, 0.25) is 0 Å². The summed E-state index contributed by atoms with van der Waals surface area (Å²) in [7, 11) is 0. The van der Waals surface area contributed by atoms with E-state index in [2.05, 4.69) is 51.3 Å². The van der Waals surface area contributed by atoms with Crippen LogP contribution in [0.4, 0.5) is 5.69 Å². The van der Waals surface area contributed by atoms with Crippen LogP contribution in [0, 0.1) is 0 Å². The van der Waals surface area contributed by atoms with Crippen molar-refractivity contribution in [3.8, 4) is 0 Å². The predicted molar refractivity (Wildman–Crippen MR) is 88.6 cm³/mol. The molecule has 0 saturated carbocycles. The summed E-state index contributed by atoms with van der Waals surface area (Å²) in [6.07, 6.45) is 0.674. The minimum absolute atomic E-state index is 0.411. The van der Waals surface area contributed by atoms with Crippen LogP contribution in [0.5, 0.6) is 0 Å². The van der Waals surface area contributed by atoms with Gasteiger partial charge in [0.15, 0.2) is 0 Å². The van der Waals surface area contributed by atoms with Gasteiger partial charge in [0, 0.05) is 21.6 Å². The lowest BCUT2D eigenvalue weighted by atomic mass is 10.00. The summed E-state index contributed by atoms with van der Waals surface area (Å²) in [5.41, 5.74) is 3.61. The molecule has 0 radical (unpaired) electrons. The Kier molecular flexibility index (Phi) is 3.89. The highest BCUT2D eigenvalue weighted by atomic mass is 79.9. The molecule has 0 saturated heterocycles. The van der Waals surface area contributed by atoms with Crippen molar-refractivity contribution >= 4 is 33.0 Å². The monoisotopic (exact) mass is 351 g/mol. The van der Waals surface area contributed by atoms with Gasteiger partial charge >= 0.3 is 0 Å². The van der Waals surface area contributed by atoms with Crippen LogP contribution < -0.4 is 4.90 Å². The molecule has 0 bridgehead atoms. The van der Waals surface area contributed by atoms with E-state index < -0.39 is 6.10 Å². The van der Waals surface area contributed by atoms with E-state index in [1.165, 1.54) is 16.1 Å².